The van der Waals surface area contributed by atoms with Gasteiger partial charge in [0, 0.05) is 16.7 Å². The van der Waals surface area contributed by atoms with Gasteiger partial charge in [-0.3, -0.25) is 9.59 Å². The van der Waals surface area contributed by atoms with Gasteiger partial charge in [-0.25, -0.2) is 0 Å². The van der Waals surface area contributed by atoms with Crippen molar-refractivity contribution in [2.24, 2.45) is 5.73 Å². The number of hydrogen-bond donors (Lipinski definition) is 1. The summed E-state index contributed by atoms with van der Waals surface area (Å²) in [5.74, 6) is -0.363. The van der Waals surface area contributed by atoms with Crippen LogP contribution in [-0.2, 0) is 0 Å². The first kappa shape index (κ1) is 11.7. The summed E-state index contributed by atoms with van der Waals surface area (Å²) in [5.41, 5.74) is 7.19. The molecule has 1 aliphatic rings. The van der Waals surface area contributed by atoms with Crippen LogP contribution in [0.4, 0.5) is 0 Å². The minimum atomic E-state index is -0.239. The molecule has 2 N–H and O–H groups in total. The van der Waals surface area contributed by atoms with Crippen LogP contribution in [0.2, 0.25) is 0 Å². The molecule has 3 heteroatoms. The van der Waals surface area contributed by atoms with E-state index in [1.54, 1.807) is 12.1 Å². The zero-order chi connectivity index (χ0) is 13.6. The van der Waals surface area contributed by atoms with Crippen LogP contribution < -0.4 is 5.73 Å². The van der Waals surface area contributed by atoms with E-state index < -0.39 is 0 Å². The molecule has 2 aromatic carbocycles. The van der Waals surface area contributed by atoms with Crippen LogP contribution in [0.3, 0.4) is 0 Å². The second-order valence-corrected chi connectivity index (χ2v) is 4.65. The SMILES string of the molecule is CCC1=C(N)C(=O)c2cc3ccccc3cc2C1=O. The van der Waals surface area contributed by atoms with Gasteiger partial charge < -0.3 is 5.73 Å². The van der Waals surface area contributed by atoms with E-state index >= 15 is 0 Å². The molecule has 0 aliphatic heterocycles. The van der Waals surface area contributed by atoms with Crippen molar-refractivity contribution in [2.75, 3.05) is 0 Å². The molecular formula is C16H13NO2. The van der Waals surface area contributed by atoms with E-state index in [1.807, 2.05) is 31.2 Å². The largest absolute Gasteiger partial charge is 0.395 e. The molecule has 1 aliphatic carbocycles. The van der Waals surface area contributed by atoms with Gasteiger partial charge in [0.2, 0.25) is 5.78 Å². The first-order valence-electron chi connectivity index (χ1n) is 6.24. The highest BCUT2D eigenvalue weighted by Crippen LogP contribution is 2.29. The Balaban J connectivity index is 2.34. The van der Waals surface area contributed by atoms with Crippen molar-refractivity contribution >= 4 is 22.3 Å². The van der Waals surface area contributed by atoms with Crippen LogP contribution in [0.1, 0.15) is 34.1 Å². The molecule has 0 saturated carbocycles. The number of ketones is 2. The molecule has 3 nitrogen and oxygen atoms in total. The maximum absolute atomic E-state index is 12.4. The predicted molar refractivity (Wildman–Crippen MR) is 74.1 cm³/mol. The molecule has 0 radical (unpaired) electrons. The Labute approximate surface area is 110 Å². The lowest BCUT2D eigenvalue weighted by Gasteiger charge is -2.18. The summed E-state index contributed by atoms with van der Waals surface area (Å²) >= 11 is 0. The highest BCUT2D eigenvalue weighted by atomic mass is 16.1. The quantitative estimate of drug-likeness (QED) is 0.847. The number of nitrogens with two attached hydrogens (primary N) is 1. The summed E-state index contributed by atoms with van der Waals surface area (Å²) in [6.45, 7) is 1.83. The van der Waals surface area contributed by atoms with Gasteiger partial charge in [0.05, 0.1) is 5.70 Å². The first-order chi connectivity index (χ1) is 9.13. The standard InChI is InChI=1S/C16H13NO2/c1-2-11-14(17)16(19)13-8-10-6-4-3-5-9(10)7-12(13)15(11)18/h3-8H,2,17H2,1H3. The van der Waals surface area contributed by atoms with Crippen LogP contribution in [-0.4, -0.2) is 11.6 Å². The van der Waals surface area contributed by atoms with Crippen molar-refractivity contribution in [2.45, 2.75) is 13.3 Å². The Kier molecular flexibility index (Phi) is 2.49. The van der Waals surface area contributed by atoms with Crippen LogP contribution in [0.5, 0.6) is 0 Å². The summed E-state index contributed by atoms with van der Waals surface area (Å²) < 4.78 is 0. The Hall–Kier alpha value is -2.42. The normalized spacial score (nSPS) is 15.0. The molecule has 0 unspecified atom stereocenters. The smallest absolute Gasteiger partial charge is 0.209 e. The Morgan fingerprint density at radius 1 is 0.947 bits per heavy atom. The highest BCUT2D eigenvalue weighted by Gasteiger charge is 2.29. The van der Waals surface area contributed by atoms with Gasteiger partial charge in [-0.1, -0.05) is 31.2 Å². The van der Waals surface area contributed by atoms with Crippen molar-refractivity contribution in [3.05, 3.63) is 58.8 Å². The summed E-state index contributed by atoms with van der Waals surface area (Å²) in [4.78, 5) is 24.6. The van der Waals surface area contributed by atoms with E-state index in [0.29, 0.717) is 23.1 Å². The van der Waals surface area contributed by atoms with Crippen LogP contribution >= 0.6 is 0 Å². The van der Waals surface area contributed by atoms with E-state index in [0.717, 1.165) is 10.8 Å². The Morgan fingerprint density at radius 2 is 1.47 bits per heavy atom. The molecule has 19 heavy (non-hydrogen) atoms. The fraction of sp³-hybridized carbons (Fsp3) is 0.125. The molecule has 3 rings (SSSR count). The van der Waals surface area contributed by atoms with E-state index in [-0.39, 0.29) is 17.3 Å². The van der Waals surface area contributed by atoms with Gasteiger partial charge in [0.1, 0.15) is 0 Å². The number of carbonyl (C=O) groups is 2. The van der Waals surface area contributed by atoms with Crippen molar-refractivity contribution < 1.29 is 9.59 Å². The highest BCUT2D eigenvalue weighted by molar-refractivity contribution is 6.27. The average Bonchev–Trinajstić information content (AvgIpc) is 2.44. The molecule has 0 atom stereocenters. The molecule has 0 aromatic heterocycles. The third-order valence-electron chi connectivity index (χ3n) is 3.57. The summed E-state index contributed by atoms with van der Waals surface area (Å²) in [5, 5.41) is 1.90. The van der Waals surface area contributed by atoms with Gasteiger partial charge in [0.15, 0.2) is 5.78 Å². The van der Waals surface area contributed by atoms with Gasteiger partial charge in [-0.15, -0.1) is 0 Å². The first-order valence-corrected chi connectivity index (χ1v) is 6.24. The number of Topliss-reactive ketones (excluding diaryl/α,β-unsaturated/α-hetero) is 2. The van der Waals surface area contributed by atoms with Crippen molar-refractivity contribution in [1.82, 2.24) is 0 Å². The maximum atomic E-state index is 12.4. The molecule has 2 aromatic rings. The van der Waals surface area contributed by atoms with E-state index in [4.69, 9.17) is 5.73 Å². The second kappa shape index (κ2) is 4.05. The van der Waals surface area contributed by atoms with Gasteiger partial charge in [-0.05, 0) is 29.3 Å². The predicted octanol–water partition coefficient (Wildman–Crippen LogP) is 2.84. The lowest BCUT2D eigenvalue weighted by Crippen LogP contribution is -2.26. The Morgan fingerprint density at radius 3 is 2.00 bits per heavy atom. The van der Waals surface area contributed by atoms with Gasteiger partial charge in [0.25, 0.3) is 0 Å². The summed E-state index contributed by atoms with van der Waals surface area (Å²) in [7, 11) is 0. The lowest BCUT2D eigenvalue weighted by molar-refractivity contribution is 0.0971. The molecule has 94 valence electrons. The fourth-order valence-electron chi connectivity index (χ4n) is 2.53. The van der Waals surface area contributed by atoms with Crippen LogP contribution in [0.25, 0.3) is 10.8 Å². The average molecular weight is 251 g/mol. The van der Waals surface area contributed by atoms with E-state index in [1.165, 1.54) is 0 Å². The number of rotatable bonds is 1. The monoisotopic (exact) mass is 251 g/mol. The minimum absolute atomic E-state index is 0.0929. The molecule has 0 spiro atoms. The van der Waals surface area contributed by atoms with E-state index in [9.17, 15) is 9.59 Å². The number of carbonyl (C=O) groups excluding carboxylic acids is 2. The van der Waals surface area contributed by atoms with E-state index in [2.05, 4.69) is 0 Å². The second-order valence-electron chi connectivity index (χ2n) is 4.65. The molecule has 0 heterocycles. The Bertz CT molecular complexity index is 756. The van der Waals surface area contributed by atoms with Crippen molar-refractivity contribution in [1.29, 1.82) is 0 Å². The number of allylic oxidation sites excluding steroid dienone is 2. The fourth-order valence-corrected chi connectivity index (χ4v) is 2.53. The van der Waals surface area contributed by atoms with Gasteiger partial charge in [-0.2, -0.15) is 0 Å². The zero-order valence-corrected chi connectivity index (χ0v) is 10.6. The molecule has 0 fully saturated rings. The number of fused-ring (bicyclic) bond motifs is 2. The van der Waals surface area contributed by atoms with Crippen molar-refractivity contribution in [3.63, 3.8) is 0 Å². The third-order valence-corrected chi connectivity index (χ3v) is 3.57. The van der Waals surface area contributed by atoms with Gasteiger partial charge >= 0.3 is 0 Å². The van der Waals surface area contributed by atoms with Crippen LogP contribution in [0, 0.1) is 0 Å². The maximum Gasteiger partial charge on any atom is 0.209 e. The molecular weight excluding hydrogens is 238 g/mol. The topological polar surface area (TPSA) is 60.2 Å². The summed E-state index contributed by atoms with van der Waals surface area (Å²) in [6, 6.07) is 11.2. The third kappa shape index (κ3) is 1.58. The van der Waals surface area contributed by atoms with Crippen LogP contribution in [0.15, 0.2) is 47.7 Å². The van der Waals surface area contributed by atoms with Crippen molar-refractivity contribution in [3.8, 4) is 0 Å². The molecule has 0 bridgehead atoms. The summed E-state index contributed by atoms with van der Waals surface area (Å²) in [6.07, 6.45) is 0.475. The molecule has 0 saturated heterocycles. The lowest BCUT2D eigenvalue weighted by atomic mass is 9.85. The number of hydrogen-bond acceptors (Lipinski definition) is 3. The minimum Gasteiger partial charge on any atom is -0.395 e. The molecule has 0 amide bonds. The number of benzene rings is 2. The zero-order valence-electron chi connectivity index (χ0n) is 10.6.